The fourth-order valence-electron chi connectivity index (χ4n) is 4.74. The number of unbranched alkanes of at least 4 members (excludes halogenated alkanes) is 11. The van der Waals surface area contributed by atoms with Crippen molar-refractivity contribution >= 4 is 17.9 Å². The molecule has 2 unspecified atom stereocenters. The molecule has 0 fully saturated rings. The number of rotatable bonds is 29. The third-order valence-corrected chi connectivity index (χ3v) is 7.38. The molecule has 0 aromatic heterocycles. The highest BCUT2D eigenvalue weighted by Gasteiger charge is 2.31. The summed E-state index contributed by atoms with van der Waals surface area (Å²) in [5.74, 6) is -1.56. The number of carboxylic acid groups (broad SMARTS) is 1. The van der Waals surface area contributed by atoms with Crippen molar-refractivity contribution in [3.05, 3.63) is 24.3 Å². The van der Waals surface area contributed by atoms with Crippen LogP contribution in [0.5, 0.6) is 0 Å². The van der Waals surface area contributed by atoms with Crippen molar-refractivity contribution in [2.45, 2.75) is 142 Å². The Hall–Kier alpha value is -2.19. The second-order valence-corrected chi connectivity index (χ2v) is 12.4. The van der Waals surface area contributed by atoms with Crippen LogP contribution in [0.15, 0.2) is 24.3 Å². The molecular weight excluding hydrogens is 546 g/mol. The van der Waals surface area contributed by atoms with Crippen molar-refractivity contribution in [2.75, 3.05) is 41.0 Å². The van der Waals surface area contributed by atoms with Gasteiger partial charge in [-0.05, 0) is 25.7 Å². The molecule has 0 aliphatic rings. The Kier molecular flexibility index (Phi) is 26.0. The smallest absolute Gasteiger partial charge is 0.362 e. The molecule has 0 spiro atoms. The van der Waals surface area contributed by atoms with Gasteiger partial charge in [0.25, 0.3) is 0 Å². The molecule has 0 amide bonds. The van der Waals surface area contributed by atoms with Gasteiger partial charge in [0, 0.05) is 19.3 Å². The molecule has 0 aromatic carbocycles. The summed E-state index contributed by atoms with van der Waals surface area (Å²) in [6.07, 6.45) is 25.4. The van der Waals surface area contributed by atoms with Gasteiger partial charge in [-0.1, -0.05) is 109 Å². The predicted octanol–water partition coefficient (Wildman–Crippen LogP) is 7.79. The highest BCUT2D eigenvalue weighted by Crippen LogP contribution is 2.13. The lowest BCUT2D eigenvalue weighted by Gasteiger charge is -2.31. The Labute approximate surface area is 262 Å². The maximum Gasteiger partial charge on any atom is 0.362 e. The van der Waals surface area contributed by atoms with Crippen LogP contribution in [0.3, 0.4) is 0 Å². The van der Waals surface area contributed by atoms with Gasteiger partial charge < -0.3 is 23.8 Å². The van der Waals surface area contributed by atoms with E-state index in [4.69, 9.17) is 14.2 Å². The number of ether oxygens (including phenoxy) is 3. The molecular formula is C35H64NO7+. The van der Waals surface area contributed by atoms with E-state index in [2.05, 4.69) is 26.0 Å². The Morgan fingerprint density at radius 1 is 0.721 bits per heavy atom. The van der Waals surface area contributed by atoms with Gasteiger partial charge in [-0.15, -0.1) is 0 Å². The monoisotopic (exact) mass is 610 g/mol. The third kappa shape index (κ3) is 26.0. The highest BCUT2D eigenvalue weighted by molar-refractivity contribution is 5.72. The zero-order chi connectivity index (χ0) is 32.2. The normalized spacial score (nSPS) is 13.4. The number of esters is 2. The van der Waals surface area contributed by atoms with Crippen LogP contribution in [-0.4, -0.2) is 80.6 Å². The molecule has 0 saturated carbocycles. The second-order valence-electron chi connectivity index (χ2n) is 12.4. The number of carbonyl (C=O) groups is 3. The quantitative estimate of drug-likeness (QED) is 0.0399. The van der Waals surface area contributed by atoms with Gasteiger partial charge in [0.1, 0.15) is 6.61 Å². The molecule has 0 aromatic rings. The lowest BCUT2D eigenvalue weighted by atomic mass is 10.0. The van der Waals surface area contributed by atoms with E-state index < -0.39 is 18.1 Å². The minimum Gasteiger partial charge on any atom is -0.477 e. The summed E-state index contributed by atoms with van der Waals surface area (Å²) in [7, 11) is 5.49. The molecule has 2 atom stereocenters. The number of carboxylic acids is 1. The minimum absolute atomic E-state index is 0.0462. The fraction of sp³-hybridized carbons (Fsp3) is 0.800. The van der Waals surface area contributed by atoms with Crippen molar-refractivity contribution in [3.8, 4) is 0 Å². The van der Waals surface area contributed by atoms with Gasteiger partial charge >= 0.3 is 17.9 Å². The van der Waals surface area contributed by atoms with Crippen LogP contribution in [0.25, 0.3) is 0 Å². The molecule has 0 saturated heterocycles. The van der Waals surface area contributed by atoms with E-state index in [1.807, 2.05) is 33.3 Å². The van der Waals surface area contributed by atoms with E-state index >= 15 is 0 Å². The average molecular weight is 611 g/mol. The van der Waals surface area contributed by atoms with E-state index in [9.17, 15) is 19.5 Å². The summed E-state index contributed by atoms with van der Waals surface area (Å²) in [6.45, 7) is 4.50. The van der Waals surface area contributed by atoms with Crippen LogP contribution in [-0.2, 0) is 28.6 Å². The zero-order valence-electron chi connectivity index (χ0n) is 28.2. The Balaban J connectivity index is 4.50. The molecule has 0 heterocycles. The molecule has 0 aliphatic carbocycles. The van der Waals surface area contributed by atoms with E-state index in [0.717, 1.165) is 32.1 Å². The van der Waals surface area contributed by atoms with Crippen LogP contribution in [0.2, 0.25) is 0 Å². The van der Waals surface area contributed by atoms with Crippen LogP contribution >= 0.6 is 0 Å². The standard InChI is InChI=1S/C35H63NO7/c1-6-8-10-12-14-15-16-17-18-20-22-24-26-34(38)43-31(29-41-28-27-32(35(39)40)36(3,4)5)30-42-33(37)25-23-21-19-13-11-9-7-2/h9,11,19,21,31-32H,6-8,10,12-18,20,22-30H2,1-5H3/p+1/b11-9+,21-19+. The van der Waals surface area contributed by atoms with Crippen LogP contribution in [0, 0.1) is 0 Å². The molecule has 8 heteroatoms. The summed E-state index contributed by atoms with van der Waals surface area (Å²) in [6, 6.07) is -0.616. The first kappa shape index (κ1) is 40.8. The second kappa shape index (κ2) is 27.4. The maximum absolute atomic E-state index is 12.5. The van der Waals surface area contributed by atoms with Crippen molar-refractivity contribution in [2.24, 2.45) is 0 Å². The number of hydrogen-bond donors (Lipinski definition) is 1. The van der Waals surface area contributed by atoms with Crippen molar-refractivity contribution in [3.63, 3.8) is 0 Å². The molecule has 8 nitrogen and oxygen atoms in total. The first-order valence-electron chi connectivity index (χ1n) is 16.9. The van der Waals surface area contributed by atoms with Gasteiger partial charge in [-0.2, -0.15) is 0 Å². The largest absolute Gasteiger partial charge is 0.477 e. The molecule has 250 valence electrons. The fourth-order valence-corrected chi connectivity index (χ4v) is 4.74. The summed E-state index contributed by atoms with van der Waals surface area (Å²) in [5, 5.41) is 9.53. The molecule has 0 rings (SSSR count). The summed E-state index contributed by atoms with van der Waals surface area (Å²) in [5.41, 5.74) is 0. The lowest BCUT2D eigenvalue weighted by molar-refractivity contribution is -0.887. The Bertz CT molecular complexity index is 773. The molecule has 43 heavy (non-hydrogen) atoms. The minimum atomic E-state index is -0.883. The number of aliphatic carboxylic acids is 1. The van der Waals surface area contributed by atoms with Crippen molar-refractivity contribution < 1.29 is 38.2 Å². The molecule has 0 bridgehead atoms. The SMILES string of the molecule is CC/C=C/C/C=C/CCC(=O)OCC(COCCC(C(=O)O)[N+](C)(C)C)OC(=O)CCCCCCCCCCCCCC. The van der Waals surface area contributed by atoms with Crippen molar-refractivity contribution in [1.82, 2.24) is 0 Å². The summed E-state index contributed by atoms with van der Waals surface area (Å²) >= 11 is 0. The number of carbonyl (C=O) groups excluding carboxylic acids is 2. The number of allylic oxidation sites excluding steroid dienone is 4. The highest BCUT2D eigenvalue weighted by atomic mass is 16.6. The van der Waals surface area contributed by atoms with Crippen molar-refractivity contribution in [1.29, 1.82) is 0 Å². The summed E-state index contributed by atoms with van der Waals surface area (Å²) < 4.78 is 17.0. The Morgan fingerprint density at radius 2 is 1.30 bits per heavy atom. The van der Waals surface area contributed by atoms with E-state index in [1.54, 1.807) is 0 Å². The molecule has 0 radical (unpaired) electrons. The first-order chi connectivity index (χ1) is 20.6. The van der Waals surface area contributed by atoms with Gasteiger partial charge in [-0.3, -0.25) is 9.59 Å². The van der Waals surface area contributed by atoms with E-state index in [0.29, 0.717) is 19.3 Å². The van der Waals surface area contributed by atoms with Gasteiger partial charge in [0.15, 0.2) is 12.1 Å². The molecule has 1 N–H and O–H groups in total. The third-order valence-electron chi connectivity index (χ3n) is 7.38. The van der Waals surface area contributed by atoms with Gasteiger partial charge in [-0.25, -0.2) is 4.79 Å². The number of hydrogen-bond acceptors (Lipinski definition) is 6. The van der Waals surface area contributed by atoms with Crippen LogP contribution in [0.4, 0.5) is 0 Å². The van der Waals surface area contributed by atoms with Gasteiger partial charge in [0.05, 0.1) is 34.4 Å². The number of quaternary nitrogens is 1. The molecule has 0 aliphatic heterocycles. The number of likely N-dealkylation sites (N-methyl/N-ethyl adjacent to an activating group) is 1. The number of nitrogens with zero attached hydrogens (tertiary/aromatic N) is 1. The van der Waals surface area contributed by atoms with Gasteiger partial charge in [0.2, 0.25) is 0 Å². The van der Waals surface area contributed by atoms with E-state index in [1.165, 1.54) is 57.8 Å². The van der Waals surface area contributed by atoms with Crippen LogP contribution in [0.1, 0.15) is 129 Å². The zero-order valence-corrected chi connectivity index (χ0v) is 28.2. The Morgan fingerprint density at radius 3 is 1.86 bits per heavy atom. The van der Waals surface area contributed by atoms with Crippen LogP contribution < -0.4 is 0 Å². The predicted molar refractivity (Wildman–Crippen MR) is 174 cm³/mol. The maximum atomic E-state index is 12.5. The van der Waals surface area contributed by atoms with E-state index in [-0.39, 0.29) is 42.7 Å². The summed E-state index contributed by atoms with van der Waals surface area (Å²) in [4.78, 5) is 36.4. The lowest BCUT2D eigenvalue weighted by Crippen LogP contribution is -2.50. The topological polar surface area (TPSA) is 99.1 Å². The first-order valence-corrected chi connectivity index (χ1v) is 16.9. The average Bonchev–Trinajstić information content (AvgIpc) is 2.94.